The Morgan fingerprint density at radius 3 is 2.79 bits per heavy atom. The van der Waals surface area contributed by atoms with Crippen molar-refractivity contribution in [3.05, 3.63) is 33.6 Å². The zero-order valence-corrected chi connectivity index (χ0v) is 7.47. The first-order valence-corrected chi connectivity index (χ1v) is 3.99. The van der Waals surface area contributed by atoms with Gasteiger partial charge in [0.1, 0.15) is 5.52 Å². The van der Waals surface area contributed by atoms with E-state index in [-0.39, 0.29) is 11.0 Å². The predicted molar refractivity (Wildman–Crippen MR) is 49.0 cm³/mol. The highest BCUT2D eigenvalue weighted by molar-refractivity contribution is 6.28. The molecule has 14 heavy (non-hydrogen) atoms. The van der Waals surface area contributed by atoms with Crippen LogP contribution in [0.1, 0.15) is 0 Å². The zero-order valence-electron chi connectivity index (χ0n) is 6.72. The average Bonchev–Trinajstić information content (AvgIpc) is 2.16. The quantitative estimate of drug-likeness (QED) is 0.527. The number of nitro benzene ring substituents is 1. The van der Waals surface area contributed by atoms with Gasteiger partial charge in [0, 0.05) is 12.1 Å². The molecule has 0 saturated heterocycles. The van der Waals surface area contributed by atoms with Gasteiger partial charge in [-0.05, 0) is 17.7 Å². The van der Waals surface area contributed by atoms with Crippen molar-refractivity contribution in [3.63, 3.8) is 0 Å². The molecule has 1 aromatic heterocycles. The summed E-state index contributed by atoms with van der Waals surface area (Å²) < 4.78 is 0. The van der Waals surface area contributed by atoms with Crippen LogP contribution in [0.3, 0.4) is 0 Å². The third kappa shape index (κ3) is 1.47. The number of hydrogen-bond acceptors (Lipinski definition) is 5. The third-order valence-corrected chi connectivity index (χ3v) is 1.78. The molecule has 0 atom stereocenters. The van der Waals surface area contributed by atoms with Crippen molar-refractivity contribution < 1.29 is 4.92 Å². The van der Waals surface area contributed by atoms with Crippen LogP contribution >= 0.6 is 11.6 Å². The zero-order chi connectivity index (χ0) is 10.1. The summed E-state index contributed by atoms with van der Waals surface area (Å²) in [5.41, 5.74) is 0.787. The molecule has 0 radical (unpaired) electrons. The van der Waals surface area contributed by atoms with E-state index in [1.54, 1.807) is 0 Å². The van der Waals surface area contributed by atoms with Crippen LogP contribution in [0.2, 0.25) is 5.28 Å². The molecule has 0 spiro atoms. The van der Waals surface area contributed by atoms with Crippen molar-refractivity contribution in [1.82, 2.24) is 15.2 Å². The van der Waals surface area contributed by atoms with Crippen molar-refractivity contribution in [2.45, 2.75) is 0 Å². The van der Waals surface area contributed by atoms with Gasteiger partial charge in [-0.1, -0.05) is 0 Å². The van der Waals surface area contributed by atoms with Gasteiger partial charge in [0.2, 0.25) is 5.28 Å². The second-order valence-corrected chi connectivity index (χ2v) is 2.85. The first-order chi connectivity index (χ1) is 6.66. The van der Waals surface area contributed by atoms with Crippen LogP contribution in [0.4, 0.5) is 5.69 Å². The van der Waals surface area contributed by atoms with Gasteiger partial charge >= 0.3 is 0 Å². The van der Waals surface area contributed by atoms with Crippen LogP contribution in [0.5, 0.6) is 0 Å². The maximum atomic E-state index is 10.4. The normalized spacial score (nSPS) is 10.4. The lowest BCUT2D eigenvalue weighted by atomic mass is 10.3. The van der Waals surface area contributed by atoms with Gasteiger partial charge in [0.15, 0.2) is 0 Å². The van der Waals surface area contributed by atoms with Crippen molar-refractivity contribution in [1.29, 1.82) is 0 Å². The number of fused-ring (bicyclic) bond motifs is 1. The molecule has 0 fully saturated rings. The summed E-state index contributed by atoms with van der Waals surface area (Å²) in [4.78, 5) is 13.8. The molecule has 1 aromatic carbocycles. The second-order valence-electron chi connectivity index (χ2n) is 2.51. The molecule has 0 N–H and O–H groups in total. The van der Waals surface area contributed by atoms with E-state index in [2.05, 4.69) is 15.2 Å². The van der Waals surface area contributed by atoms with E-state index in [1.807, 2.05) is 0 Å². The summed E-state index contributed by atoms with van der Waals surface area (Å²) in [6.07, 6.45) is 0. The molecule has 0 aliphatic carbocycles. The summed E-state index contributed by atoms with van der Waals surface area (Å²) in [7, 11) is 0. The van der Waals surface area contributed by atoms with Gasteiger partial charge in [0.05, 0.1) is 10.4 Å². The summed E-state index contributed by atoms with van der Waals surface area (Å²) in [5.74, 6) is 0. The second kappa shape index (κ2) is 3.15. The lowest BCUT2D eigenvalue weighted by Gasteiger charge is -1.95. The maximum absolute atomic E-state index is 10.4. The van der Waals surface area contributed by atoms with Gasteiger partial charge in [-0.25, -0.2) is 4.98 Å². The standard InChI is InChI=1S/C7H3ClN4O2/c8-7-9-5-2-1-4(12(13)14)3-6(5)10-11-7/h1-3H. The molecule has 7 heteroatoms. The third-order valence-electron chi connectivity index (χ3n) is 1.62. The fourth-order valence-electron chi connectivity index (χ4n) is 1.02. The Labute approximate surface area is 82.7 Å². The molecule has 2 rings (SSSR count). The first-order valence-electron chi connectivity index (χ1n) is 3.61. The van der Waals surface area contributed by atoms with Crippen LogP contribution in [0.25, 0.3) is 11.0 Å². The number of aromatic nitrogens is 3. The highest BCUT2D eigenvalue weighted by atomic mass is 35.5. The summed E-state index contributed by atoms with van der Waals surface area (Å²) in [6, 6.07) is 4.12. The fourth-order valence-corrected chi connectivity index (χ4v) is 1.15. The van der Waals surface area contributed by atoms with Gasteiger partial charge in [0.25, 0.3) is 5.69 Å². The molecule has 0 aliphatic rings. The molecule has 70 valence electrons. The van der Waals surface area contributed by atoms with Crippen LogP contribution in [-0.2, 0) is 0 Å². The lowest BCUT2D eigenvalue weighted by Crippen LogP contribution is -1.92. The van der Waals surface area contributed by atoms with E-state index in [9.17, 15) is 10.1 Å². The van der Waals surface area contributed by atoms with Crippen LogP contribution in [-0.4, -0.2) is 20.1 Å². The first kappa shape index (κ1) is 8.76. The monoisotopic (exact) mass is 210 g/mol. The van der Waals surface area contributed by atoms with Crippen LogP contribution in [0, 0.1) is 10.1 Å². The highest BCUT2D eigenvalue weighted by Gasteiger charge is 2.07. The van der Waals surface area contributed by atoms with E-state index >= 15 is 0 Å². The minimum atomic E-state index is -0.504. The number of halogens is 1. The predicted octanol–water partition coefficient (Wildman–Crippen LogP) is 1.59. The Hall–Kier alpha value is -1.82. The SMILES string of the molecule is O=[N+]([O-])c1ccc2nc(Cl)nnc2c1. The average molecular weight is 211 g/mol. The molecule has 1 heterocycles. The van der Waals surface area contributed by atoms with E-state index in [0.717, 1.165) is 0 Å². The molecule has 0 aliphatic heterocycles. The molecular formula is C7H3ClN4O2. The van der Waals surface area contributed by atoms with Gasteiger partial charge < -0.3 is 0 Å². The number of rotatable bonds is 1. The molecule has 6 nitrogen and oxygen atoms in total. The Bertz CT molecular complexity index is 516. The summed E-state index contributed by atoms with van der Waals surface area (Å²) in [6.45, 7) is 0. The fraction of sp³-hybridized carbons (Fsp3) is 0. The molecule has 2 aromatic rings. The summed E-state index contributed by atoms with van der Waals surface area (Å²) >= 11 is 5.50. The minimum Gasteiger partial charge on any atom is -0.258 e. The van der Waals surface area contributed by atoms with E-state index in [0.29, 0.717) is 11.0 Å². The van der Waals surface area contributed by atoms with E-state index in [1.165, 1.54) is 18.2 Å². The van der Waals surface area contributed by atoms with Crippen LogP contribution in [0.15, 0.2) is 18.2 Å². The number of nitro groups is 1. The number of hydrogen-bond donors (Lipinski definition) is 0. The Morgan fingerprint density at radius 2 is 2.07 bits per heavy atom. The highest BCUT2D eigenvalue weighted by Crippen LogP contribution is 2.17. The molecule has 0 saturated carbocycles. The van der Waals surface area contributed by atoms with E-state index in [4.69, 9.17) is 11.6 Å². The molecule has 0 amide bonds. The topological polar surface area (TPSA) is 81.8 Å². The summed E-state index contributed by atoms with van der Waals surface area (Å²) in [5, 5.41) is 17.6. The lowest BCUT2D eigenvalue weighted by molar-refractivity contribution is -0.384. The largest absolute Gasteiger partial charge is 0.271 e. The van der Waals surface area contributed by atoms with Crippen LogP contribution < -0.4 is 0 Å². The van der Waals surface area contributed by atoms with Crippen molar-refractivity contribution in [2.75, 3.05) is 0 Å². The Morgan fingerprint density at radius 1 is 1.29 bits per heavy atom. The van der Waals surface area contributed by atoms with Gasteiger partial charge in [-0.2, -0.15) is 0 Å². The maximum Gasteiger partial charge on any atom is 0.271 e. The minimum absolute atomic E-state index is 0.0198. The van der Waals surface area contributed by atoms with Crippen molar-refractivity contribution in [2.24, 2.45) is 0 Å². The van der Waals surface area contributed by atoms with E-state index < -0.39 is 4.92 Å². The van der Waals surface area contributed by atoms with Crippen molar-refractivity contribution in [3.8, 4) is 0 Å². The van der Waals surface area contributed by atoms with Gasteiger partial charge in [-0.15, -0.1) is 10.2 Å². The Kier molecular flexibility index (Phi) is 1.97. The smallest absolute Gasteiger partial charge is 0.258 e. The molecular weight excluding hydrogens is 208 g/mol. The number of non-ortho nitro benzene ring substituents is 1. The number of benzene rings is 1. The number of nitrogens with zero attached hydrogens (tertiary/aromatic N) is 4. The van der Waals surface area contributed by atoms with Crippen molar-refractivity contribution >= 4 is 28.3 Å². The molecule has 0 unspecified atom stereocenters. The van der Waals surface area contributed by atoms with Gasteiger partial charge in [-0.3, -0.25) is 10.1 Å². The molecule has 0 bridgehead atoms. The Balaban J connectivity index is 2.67.